The van der Waals surface area contributed by atoms with Gasteiger partial charge in [-0.25, -0.2) is 9.78 Å². The van der Waals surface area contributed by atoms with Crippen molar-refractivity contribution in [3.8, 4) is 28.4 Å². The predicted octanol–water partition coefficient (Wildman–Crippen LogP) is 10.9. The molecule has 4 aromatic rings. The summed E-state index contributed by atoms with van der Waals surface area (Å²) in [6.07, 6.45) is 4.90. The Morgan fingerprint density at radius 3 is 2.12 bits per heavy atom. The van der Waals surface area contributed by atoms with Gasteiger partial charge in [0.2, 0.25) is 0 Å². The number of para-hydroxylation sites is 2. The molecule has 50 heavy (non-hydrogen) atoms. The SMILES string of the molecule is CCCCC(Oc1ccc(C(C)(C)CC)cc1C(C)(C)CC)C(=O)Nc1ccccc1-c1cnc(-c2ccccc2NC(=O)OCC(C)C)[nH]1. The fraction of sp³-hybridized carbons (Fsp3) is 0.452. The molecule has 0 spiro atoms. The Morgan fingerprint density at radius 2 is 1.48 bits per heavy atom. The van der Waals surface area contributed by atoms with E-state index in [9.17, 15) is 9.59 Å². The number of nitrogens with zero attached hydrogens (tertiary/aromatic N) is 1. The maximum atomic E-state index is 14.1. The number of nitrogens with one attached hydrogen (secondary N) is 3. The highest BCUT2D eigenvalue weighted by Gasteiger charge is 2.29. The zero-order valence-electron chi connectivity index (χ0n) is 31.4. The lowest BCUT2D eigenvalue weighted by Crippen LogP contribution is -2.34. The predicted molar refractivity (Wildman–Crippen MR) is 205 cm³/mol. The number of benzene rings is 3. The van der Waals surface area contributed by atoms with Crippen LogP contribution < -0.4 is 15.4 Å². The molecule has 3 aromatic carbocycles. The molecule has 0 aliphatic carbocycles. The molecule has 8 nitrogen and oxygen atoms in total. The minimum absolute atomic E-state index is 0.0320. The number of unbranched alkanes of at least 4 members (excludes halogenated alkanes) is 1. The topological polar surface area (TPSA) is 105 Å². The van der Waals surface area contributed by atoms with Crippen molar-refractivity contribution in [3.63, 3.8) is 0 Å². The van der Waals surface area contributed by atoms with Crippen LogP contribution in [0.2, 0.25) is 0 Å². The van der Waals surface area contributed by atoms with Crippen molar-refractivity contribution in [2.24, 2.45) is 5.92 Å². The van der Waals surface area contributed by atoms with Crippen molar-refractivity contribution in [1.29, 1.82) is 0 Å². The summed E-state index contributed by atoms with van der Waals surface area (Å²) >= 11 is 0. The molecule has 1 aromatic heterocycles. The molecule has 1 unspecified atom stereocenters. The maximum Gasteiger partial charge on any atom is 0.411 e. The molecule has 4 rings (SSSR count). The molecule has 1 atom stereocenters. The summed E-state index contributed by atoms with van der Waals surface area (Å²) < 4.78 is 12.0. The first-order chi connectivity index (χ1) is 23.8. The number of aromatic amines is 1. The van der Waals surface area contributed by atoms with Crippen LogP contribution in [0, 0.1) is 5.92 Å². The third-order valence-electron chi connectivity index (χ3n) is 9.66. The smallest absolute Gasteiger partial charge is 0.411 e. The molecule has 0 bridgehead atoms. The van der Waals surface area contributed by atoms with E-state index in [0.29, 0.717) is 35.8 Å². The first kappa shape index (κ1) is 38.2. The van der Waals surface area contributed by atoms with E-state index in [4.69, 9.17) is 9.47 Å². The van der Waals surface area contributed by atoms with Crippen molar-refractivity contribution in [3.05, 3.63) is 84.1 Å². The average molecular weight is 681 g/mol. The number of hydrogen-bond acceptors (Lipinski definition) is 5. The van der Waals surface area contributed by atoms with Gasteiger partial charge in [-0.15, -0.1) is 0 Å². The van der Waals surface area contributed by atoms with E-state index in [0.717, 1.165) is 48.3 Å². The van der Waals surface area contributed by atoms with E-state index in [-0.39, 0.29) is 22.7 Å². The molecule has 0 saturated heterocycles. The number of ether oxygens (including phenoxy) is 2. The molecule has 8 heteroatoms. The molecular formula is C42H56N4O4. The largest absolute Gasteiger partial charge is 0.480 e. The zero-order valence-corrected chi connectivity index (χ0v) is 31.4. The lowest BCUT2D eigenvalue weighted by atomic mass is 9.76. The van der Waals surface area contributed by atoms with E-state index in [1.165, 1.54) is 5.56 Å². The third kappa shape index (κ3) is 9.55. The first-order valence-corrected chi connectivity index (χ1v) is 18.1. The van der Waals surface area contributed by atoms with E-state index in [1.807, 2.05) is 62.4 Å². The summed E-state index contributed by atoms with van der Waals surface area (Å²) in [5, 5.41) is 6.02. The number of rotatable bonds is 16. The molecule has 0 fully saturated rings. The van der Waals surface area contributed by atoms with Gasteiger partial charge in [0, 0.05) is 16.7 Å². The van der Waals surface area contributed by atoms with Gasteiger partial charge in [-0.05, 0) is 72.3 Å². The zero-order chi connectivity index (χ0) is 36.5. The van der Waals surface area contributed by atoms with Gasteiger partial charge in [0.05, 0.1) is 29.9 Å². The molecule has 3 N–H and O–H groups in total. The minimum atomic E-state index is -0.676. The summed E-state index contributed by atoms with van der Waals surface area (Å²) in [5.74, 6) is 1.37. The lowest BCUT2D eigenvalue weighted by Gasteiger charge is -2.31. The molecule has 2 amide bonds. The van der Waals surface area contributed by atoms with Crippen molar-refractivity contribution in [1.82, 2.24) is 9.97 Å². The standard InChI is InChI=1S/C42H56N4O4/c1-10-13-22-37(50-36-24-23-29(41(6,7)11-2)25-32(36)42(8,9)12-3)39(47)45-33-20-16-14-18-30(33)35-26-43-38(44-35)31-19-15-17-21-34(31)46-40(48)49-27-28(4)5/h14-21,23-26,28,37H,10-13,22,27H2,1-9H3,(H,43,44)(H,45,47)(H,46,48). The fourth-order valence-electron chi connectivity index (χ4n) is 5.59. The first-order valence-electron chi connectivity index (χ1n) is 18.1. The Labute approximate surface area is 298 Å². The lowest BCUT2D eigenvalue weighted by molar-refractivity contribution is -0.123. The van der Waals surface area contributed by atoms with Crippen LogP contribution >= 0.6 is 0 Å². The number of carbonyl (C=O) groups is 2. The summed E-state index contributed by atoms with van der Waals surface area (Å²) in [5.41, 5.74) is 5.76. The highest BCUT2D eigenvalue weighted by atomic mass is 16.5. The monoisotopic (exact) mass is 680 g/mol. The second kappa shape index (κ2) is 16.9. The number of anilines is 2. The normalized spacial score (nSPS) is 12.4. The summed E-state index contributed by atoms with van der Waals surface area (Å²) in [4.78, 5) is 34.5. The van der Waals surface area contributed by atoms with Crippen molar-refractivity contribution in [2.45, 2.75) is 111 Å². The summed E-state index contributed by atoms with van der Waals surface area (Å²) in [6, 6.07) is 21.6. The van der Waals surface area contributed by atoms with Gasteiger partial charge in [0.1, 0.15) is 11.6 Å². The Kier molecular flexibility index (Phi) is 12.9. The Morgan fingerprint density at radius 1 is 0.840 bits per heavy atom. The van der Waals surface area contributed by atoms with Crippen LogP contribution in [0.3, 0.4) is 0 Å². The molecule has 268 valence electrons. The molecule has 0 radical (unpaired) electrons. The van der Waals surface area contributed by atoms with Gasteiger partial charge in [0.25, 0.3) is 5.91 Å². The van der Waals surface area contributed by atoms with Crippen LogP contribution in [0.4, 0.5) is 16.2 Å². The van der Waals surface area contributed by atoms with Crippen molar-refractivity contribution < 1.29 is 19.1 Å². The Bertz CT molecular complexity index is 1740. The molecule has 0 aliphatic rings. The highest BCUT2D eigenvalue weighted by molar-refractivity contribution is 5.98. The summed E-state index contributed by atoms with van der Waals surface area (Å²) in [7, 11) is 0. The van der Waals surface area contributed by atoms with E-state index in [1.54, 1.807) is 6.20 Å². The van der Waals surface area contributed by atoms with Gasteiger partial charge in [0.15, 0.2) is 6.10 Å². The molecule has 0 saturated carbocycles. The number of amides is 2. The Hall–Kier alpha value is -4.59. The molecule has 1 heterocycles. The second-order valence-electron chi connectivity index (χ2n) is 14.8. The average Bonchev–Trinajstić information content (AvgIpc) is 3.59. The van der Waals surface area contributed by atoms with Crippen molar-refractivity contribution >= 4 is 23.4 Å². The maximum absolute atomic E-state index is 14.1. The van der Waals surface area contributed by atoms with Crippen LogP contribution in [-0.2, 0) is 20.4 Å². The highest BCUT2D eigenvalue weighted by Crippen LogP contribution is 2.39. The third-order valence-corrected chi connectivity index (χ3v) is 9.66. The van der Waals surface area contributed by atoms with Gasteiger partial charge in [-0.2, -0.15) is 0 Å². The van der Waals surface area contributed by atoms with Crippen LogP contribution in [0.1, 0.15) is 106 Å². The van der Waals surface area contributed by atoms with E-state index >= 15 is 0 Å². The molecular weight excluding hydrogens is 624 g/mol. The van der Waals surface area contributed by atoms with Gasteiger partial charge in [-0.3, -0.25) is 10.1 Å². The molecule has 0 aliphatic heterocycles. The number of carbonyl (C=O) groups excluding carboxylic acids is 2. The van der Waals surface area contributed by atoms with Crippen molar-refractivity contribution in [2.75, 3.05) is 17.2 Å². The quantitative estimate of drug-likeness (QED) is 0.109. The van der Waals surface area contributed by atoms with Gasteiger partial charge >= 0.3 is 6.09 Å². The van der Waals surface area contributed by atoms with Gasteiger partial charge in [-0.1, -0.05) is 111 Å². The van der Waals surface area contributed by atoms with Crippen LogP contribution in [0.5, 0.6) is 5.75 Å². The van der Waals surface area contributed by atoms with E-state index < -0.39 is 12.2 Å². The number of imidazole rings is 1. The summed E-state index contributed by atoms with van der Waals surface area (Å²) in [6.45, 7) is 19.8. The second-order valence-corrected chi connectivity index (χ2v) is 14.8. The number of aromatic nitrogens is 2. The van der Waals surface area contributed by atoms with Crippen LogP contribution in [-0.4, -0.2) is 34.7 Å². The van der Waals surface area contributed by atoms with Gasteiger partial charge < -0.3 is 19.8 Å². The van der Waals surface area contributed by atoms with E-state index in [2.05, 4.69) is 87.3 Å². The number of H-pyrrole nitrogens is 1. The van der Waals surface area contributed by atoms with Crippen LogP contribution in [0.15, 0.2) is 72.9 Å². The Balaban J connectivity index is 1.61. The fourth-order valence-corrected chi connectivity index (χ4v) is 5.59. The van der Waals surface area contributed by atoms with Crippen LogP contribution in [0.25, 0.3) is 22.6 Å². The number of hydrogen-bond donors (Lipinski definition) is 3. The minimum Gasteiger partial charge on any atom is -0.480 e.